The Bertz CT molecular complexity index is 1420. The van der Waals surface area contributed by atoms with Crippen molar-refractivity contribution in [2.24, 2.45) is 0 Å². The number of halogens is 3. The van der Waals surface area contributed by atoms with E-state index < -0.39 is 17.6 Å². The lowest BCUT2D eigenvalue weighted by molar-refractivity contribution is 0.0697. The zero-order chi connectivity index (χ0) is 25.3. The second kappa shape index (κ2) is 9.92. The number of nitrogens with zero attached hydrogens (tertiary/aromatic N) is 2. The summed E-state index contributed by atoms with van der Waals surface area (Å²) in [6.45, 7) is 1.85. The van der Waals surface area contributed by atoms with Crippen molar-refractivity contribution in [2.75, 3.05) is 19.0 Å². The highest BCUT2D eigenvalue weighted by Crippen LogP contribution is 2.38. The van der Waals surface area contributed by atoms with Gasteiger partial charge in [-0.1, -0.05) is 22.0 Å². The lowest BCUT2D eigenvalue weighted by atomic mass is 10.1. The molecule has 3 aromatic carbocycles. The zero-order valence-electron chi connectivity index (χ0n) is 19.3. The van der Waals surface area contributed by atoms with Gasteiger partial charge in [-0.05, 0) is 61.5 Å². The van der Waals surface area contributed by atoms with Crippen molar-refractivity contribution in [3.63, 3.8) is 0 Å². The molecular formula is C27H23BrF2N2O3. The number of aromatic nitrogens is 1. The first kappa shape index (κ1) is 24.5. The van der Waals surface area contributed by atoms with Crippen molar-refractivity contribution in [3.05, 3.63) is 99.7 Å². The van der Waals surface area contributed by atoms with E-state index in [1.54, 1.807) is 37.2 Å². The van der Waals surface area contributed by atoms with E-state index in [0.29, 0.717) is 17.1 Å². The van der Waals surface area contributed by atoms with Gasteiger partial charge < -0.3 is 19.3 Å². The summed E-state index contributed by atoms with van der Waals surface area (Å²) >= 11 is 3.51. The standard InChI is InChI=1S/C27H23BrF2N2O3/c1-16-7-11-23(32(16)24-6-4-5-20(27(33)34)26(24)31(2)3)21-13-18(28)9-12-25(21)35-15-17-8-10-19(29)14-22(17)30/h4-14H,15H2,1-3H3,(H,33,34). The quantitative estimate of drug-likeness (QED) is 0.279. The third-order valence-corrected chi connectivity index (χ3v) is 6.12. The van der Waals surface area contributed by atoms with E-state index in [4.69, 9.17) is 4.74 Å². The minimum Gasteiger partial charge on any atom is -0.488 e. The van der Waals surface area contributed by atoms with Gasteiger partial charge in [-0.2, -0.15) is 0 Å². The molecule has 0 aliphatic heterocycles. The molecule has 8 heteroatoms. The number of hydrogen-bond acceptors (Lipinski definition) is 3. The van der Waals surface area contributed by atoms with Gasteiger partial charge in [-0.3, -0.25) is 0 Å². The van der Waals surface area contributed by atoms with Crippen molar-refractivity contribution in [1.29, 1.82) is 0 Å². The van der Waals surface area contributed by atoms with Crippen molar-refractivity contribution in [3.8, 4) is 22.7 Å². The fourth-order valence-corrected chi connectivity index (χ4v) is 4.41. The van der Waals surface area contributed by atoms with Gasteiger partial charge in [0.2, 0.25) is 0 Å². The molecule has 0 radical (unpaired) electrons. The molecule has 0 spiro atoms. The van der Waals surface area contributed by atoms with Crippen LogP contribution < -0.4 is 9.64 Å². The maximum atomic E-state index is 14.2. The van der Waals surface area contributed by atoms with Crippen LogP contribution in [0.1, 0.15) is 21.6 Å². The average Bonchev–Trinajstić information content (AvgIpc) is 3.19. The molecule has 4 aromatic rings. The molecule has 1 N–H and O–H groups in total. The van der Waals surface area contributed by atoms with Crippen LogP contribution in [0.2, 0.25) is 0 Å². The lowest BCUT2D eigenvalue weighted by Crippen LogP contribution is -2.17. The van der Waals surface area contributed by atoms with Gasteiger partial charge in [0.25, 0.3) is 0 Å². The first-order valence-corrected chi connectivity index (χ1v) is 11.6. The summed E-state index contributed by atoms with van der Waals surface area (Å²) in [4.78, 5) is 13.7. The molecule has 0 fully saturated rings. The number of carboxylic acids is 1. The third-order valence-electron chi connectivity index (χ3n) is 5.63. The minimum absolute atomic E-state index is 0.0854. The molecule has 0 amide bonds. The molecule has 0 atom stereocenters. The van der Waals surface area contributed by atoms with Crippen LogP contribution in [0.4, 0.5) is 14.5 Å². The van der Waals surface area contributed by atoms with Crippen molar-refractivity contribution in [1.82, 2.24) is 4.57 Å². The summed E-state index contributed by atoms with van der Waals surface area (Å²) in [6.07, 6.45) is 0. The Morgan fingerprint density at radius 3 is 2.51 bits per heavy atom. The Hall–Kier alpha value is -3.65. The van der Waals surface area contributed by atoms with Crippen molar-refractivity contribution < 1.29 is 23.4 Å². The number of rotatable bonds is 7. The topological polar surface area (TPSA) is 54.7 Å². The molecule has 0 aliphatic carbocycles. The first-order valence-electron chi connectivity index (χ1n) is 10.8. The minimum atomic E-state index is -1.02. The molecular weight excluding hydrogens is 518 g/mol. The second-order valence-electron chi connectivity index (χ2n) is 8.23. The molecule has 4 rings (SSSR count). The number of aryl methyl sites for hydroxylation is 1. The van der Waals surface area contributed by atoms with Crippen LogP contribution >= 0.6 is 15.9 Å². The van der Waals surface area contributed by atoms with Gasteiger partial charge in [0.1, 0.15) is 24.0 Å². The Kier molecular flexibility index (Phi) is 6.93. The number of benzene rings is 3. The number of hydrogen-bond donors (Lipinski definition) is 1. The van der Waals surface area contributed by atoms with Crippen LogP contribution in [0, 0.1) is 18.6 Å². The molecule has 0 bridgehead atoms. The highest BCUT2D eigenvalue weighted by Gasteiger charge is 2.21. The lowest BCUT2D eigenvalue weighted by Gasteiger charge is -2.23. The first-order chi connectivity index (χ1) is 16.7. The van der Waals surface area contributed by atoms with Crippen LogP contribution in [0.3, 0.4) is 0 Å². The highest BCUT2D eigenvalue weighted by molar-refractivity contribution is 9.10. The van der Waals surface area contributed by atoms with Crippen LogP contribution in [0.15, 0.2) is 71.2 Å². The number of carboxylic acid groups (broad SMARTS) is 1. The van der Waals surface area contributed by atoms with Crippen molar-refractivity contribution in [2.45, 2.75) is 13.5 Å². The third kappa shape index (κ3) is 4.93. The van der Waals surface area contributed by atoms with Crippen LogP contribution in [-0.4, -0.2) is 29.7 Å². The predicted octanol–water partition coefficient (Wildman–Crippen LogP) is 6.84. The van der Waals surface area contributed by atoms with E-state index in [9.17, 15) is 18.7 Å². The predicted molar refractivity (Wildman–Crippen MR) is 136 cm³/mol. The SMILES string of the molecule is Cc1ccc(-c2cc(Br)ccc2OCc2ccc(F)cc2F)n1-c1cccc(C(=O)O)c1N(C)C. The number of carbonyl (C=O) groups is 1. The van der Waals surface area contributed by atoms with Gasteiger partial charge in [0.15, 0.2) is 0 Å². The van der Waals surface area contributed by atoms with Gasteiger partial charge in [-0.15, -0.1) is 0 Å². The maximum absolute atomic E-state index is 14.2. The second-order valence-corrected chi connectivity index (χ2v) is 9.15. The van der Waals surface area contributed by atoms with Crippen molar-refractivity contribution >= 4 is 27.6 Å². The van der Waals surface area contributed by atoms with Crippen LogP contribution in [0.5, 0.6) is 5.75 Å². The Labute approximate surface area is 210 Å². The molecule has 0 aliphatic rings. The summed E-state index contributed by atoms with van der Waals surface area (Å²) in [5.41, 5.74) is 4.06. The molecule has 0 saturated heterocycles. The molecule has 180 valence electrons. The molecule has 1 aromatic heterocycles. The molecule has 5 nitrogen and oxygen atoms in total. The smallest absolute Gasteiger partial charge is 0.337 e. The van der Waals surface area contributed by atoms with E-state index in [1.165, 1.54) is 12.1 Å². The van der Waals surface area contributed by atoms with E-state index in [-0.39, 0.29) is 17.7 Å². The van der Waals surface area contributed by atoms with E-state index in [1.807, 2.05) is 41.8 Å². The zero-order valence-corrected chi connectivity index (χ0v) is 20.9. The van der Waals surface area contributed by atoms with E-state index in [2.05, 4.69) is 15.9 Å². The van der Waals surface area contributed by atoms with E-state index >= 15 is 0 Å². The summed E-state index contributed by atoms with van der Waals surface area (Å²) < 4.78 is 36.2. The number of para-hydroxylation sites is 1. The Morgan fingerprint density at radius 1 is 1.06 bits per heavy atom. The largest absolute Gasteiger partial charge is 0.488 e. The van der Waals surface area contributed by atoms with Gasteiger partial charge in [0.05, 0.1) is 22.6 Å². The van der Waals surface area contributed by atoms with Gasteiger partial charge >= 0.3 is 5.97 Å². The van der Waals surface area contributed by atoms with Crippen LogP contribution in [-0.2, 0) is 6.61 Å². The summed E-state index contributed by atoms with van der Waals surface area (Å²) in [5, 5.41) is 9.77. The van der Waals surface area contributed by atoms with Gasteiger partial charge in [0, 0.05) is 41.5 Å². The Morgan fingerprint density at radius 2 is 1.83 bits per heavy atom. The number of anilines is 1. The molecule has 0 unspecified atom stereocenters. The fraction of sp³-hybridized carbons (Fsp3) is 0.148. The Balaban J connectivity index is 1.84. The number of ether oxygens (including phenoxy) is 1. The molecule has 1 heterocycles. The van der Waals surface area contributed by atoms with Crippen LogP contribution in [0.25, 0.3) is 16.9 Å². The highest BCUT2D eigenvalue weighted by atomic mass is 79.9. The monoisotopic (exact) mass is 540 g/mol. The summed E-state index contributed by atoms with van der Waals surface area (Å²) in [5.74, 6) is -1.85. The normalized spacial score (nSPS) is 10.9. The molecule has 35 heavy (non-hydrogen) atoms. The van der Waals surface area contributed by atoms with Gasteiger partial charge in [-0.25, -0.2) is 13.6 Å². The summed E-state index contributed by atoms with van der Waals surface area (Å²) in [7, 11) is 3.60. The fourth-order valence-electron chi connectivity index (χ4n) is 4.05. The van der Waals surface area contributed by atoms with E-state index in [0.717, 1.165) is 27.5 Å². The average molecular weight is 541 g/mol. The maximum Gasteiger partial charge on any atom is 0.337 e. The molecule has 0 saturated carbocycles. The summed E-state index contributed by atoms with van der Waals surface area (Å²) in [6, 6.07) is 17.9. The number of aromatic carboxylic acids is 1.